The second-order valence-electron chi connectivity index (χ2n) is 5.67. The number of Topliss-reactive ketones (excluding diaryl/α,β-unsaturated/α-hetero) is 1. The minimum Gasteiger partial charge on any atom is -0.478 e. The van der Waals surface area contributed by atoms with Crippen LogP contribution in [0, 0.1) is 11.8 Å². The molecule has 0 unspecified atom stereocenters. The third-order valence-corrected chi connectivity index (χ3v) is 4.26. The summed E-state index contributed by atoms with van der Waals surface area (Å²) < 4.78 is 4.81. The number of hydrogen-bond acceptors (Lipinski definition) is 4. The fraction of sp³-hybridized carbons (Fsp3) is 0.471. The Balaban J connectivity index is 2.06. The molecule has 5 heteroatoms. The number of ketones is 1. The summed E-state index contributed by atoms with van der Waals surface area (Å²) in [5, 5.41) is 8.87. The van der Waals surface area contributed by atoms with Crippen LogP contribution in [0.5, 0.6) is 0 Å². The average Bonchev–Trinajstić information content (AvgIpc) is 2.54. The molecule has 0 amide bonds. The van der Waals surface area contributed by atoms with E-state index in [-0.39, 0.29) is 35.6 Å². The smallest absolute Gasteiger partial charge is 0.335 e. The molecule has 1 aliphatic rings. The topological polar surface area (TPSA) is 80.7 Å². The Morgan fingerprint density at radius 1 is 1.09 bits per heavy atom. The molecule has 0 radical (unpaired) electrons. The Bertz CT molecular complexity index is 561. The fourth-order valence-electron chi connectivity index (χ4n) is 3.05. The molecule has 1 aromatic rings. The molecule has 1 saturated carbocycles. The van der Waals surface area contributed by atoms with Gasteiger partial charge < -0.3 is 9.84 Å². The lowest BCUT2D eigenvalue weighted by Gasteiger charge is -2.28. The normalized spacial score (nSPS) is 21.1. The van der Waals surface area contributed by atoms with Crippen molar-refractivity contribution in [1.82, 2.24) is 0 Å². The van der Waals surface area contributed by atoms with Gasteiger partial charge in [0.15, 0.2) is 0 Å². The van der Waals surface area contributed by atoms with Gasteiger partial charge in [-0.15, -0.1) is 0 Å². The van der Waals surface area contributed by atoms with E-state index < -0.39 is 5.97 Å². The van der Waals surface area contributed by atoms with Crippen molar-refractivity contribution < 1.29 is 24.2 Å². The van der Waals surface area contributed by atoms with Crippen LogP contribution in [0.25, 0.3) is 0 Å². The predicted molar refractivity (Wildman–Crippen MR) is 79.6 cm³/mol. The number of hydrogen-bond donors (Lipinski definition) is 1. The summed E-state index contributed by atoms with van der Waals surface area (Å²) in [6.45, 7) is 0. The first kappa shape index (κ1) is 16.2. The summed E-state index contributed by atoms with van der Waals surface area (Å²) in [7, 11) is 1.35. The van der Waals surface area contributed by atoms with Gasteiger partial charge in [0, 0.05) is 12.3 Å². The molecular formula is C17H20O5. The molecule has 1 aromatic carbocycles. The molecular weight excluding hydrogens is 284 g/mol. The Kier molecular flexibility index (Phi) is 5.31. The van der Waals surface area contributed by atoms with Crippen molar-refractivity contribution in [2.24, 2.45) is 11.8 Å². The van der Waals surface area contributed by atoms with E-state index in [1.54, 1.807) is 12.1 Å². The van der Waals surface area contributed by atoms with Crippen LogP contribution in [0.4, 0.5) is 0 Å². The molecule has 118 valence electrons. The highest BCUT2D eigenvalue weighted by atomic mass is 16.5. The minimum absolute atomic E-state index is 0.0261. The lowest BCUT2D eigenvalue weighted by molar-refractivity contribution is -0.151. The predicted octanol–water partition coefficient (Wildman–Crippen LogP) is 2.48. The van der Waals surface area contributed by atoms with Gasteiger partial charge in [0.1, 0.15) is 5.78 Å². The van der Waals surface area contributed by atoms with Crippen molar-refractivity contribution in [3.63, 3.8) is 0 Å². The van der Waals surface area contributed by atoms with Crippen LogP contribution in [0.3, 0.4) is 0 Å². The Morgan fingerprint density at radius 3 is 2.23 bits per heavy atom. The van der Waals surface area contributed by atoms with E-state index in [0.717, 1.165) is 18.4 Å². The van der Waals surface area contributed by atoms with Crippen LogP contribution in [-0.4, -0.2) is 29.9 Å². The van der Waals surface area contributed by atoms with Crippen LogP contribution in [-0.2, 0) is 20.7 Å². The molecule has 0 heterocycles. The van der Waals surface area contributed by atoms with Gasteiger partial charge in [0.2, 0.25) is 0 Å². The number of carboxylic acids is 1. The second kappa shape index (κ2) is 7.20. The zero-order valence-electron chi connectivity index (χ0n) is 12.6. The molecule has 22 heavy (non-hydrogen) atoms. The summed E-state index contributed by atoms with van der Waals surface area (Å²) in [6, 6.07) is 6.28. The molecule has 1 fully saturated rings. The first-order valence-electron chi connectivity index (χ1n) is 7.45. The number of ether oxygens (including phenoxy) is 1. The number of carbonyl (C=O) groups is 3. The minimum atomic E-state index is -0.990. The van der Waals surface area contributed by atoms with Crippen molar-refractivity contribution in [1.29, 1.82) is 0 Å². The van der Waals surface area contributed by atoms with Crippen molar-refractivity contribution in [3.8, 4) is 0 Å². The van der Waals surface area contributed by atoms with Crippen LogP contribution < -0.4 is 0 Å². The van der Waals surface area contributed by atoms with E-state index in [4.69, 9.17) is 9.84 Å². The molecule has 2 atom stereocenters. The van der Waals surface area contributed by atoms with Crippen LogP contribution in [0.2, 0.25) is 0 Å². The number of carbonyl (C=O) groups excluding carboxylic acids is 2. The van der Waals surface area contributed by atoms with Gasteiger partial charge in [-0.25, -0.2) is 4.79 Å². The molecule has 1 N–H and O–H groups in total. The summed E-state index contributed by atoms with van der Waals surface area (Å²) in [4.78, 5) is 35.1. The van der Waals surface area contributed by atoms with Gasteiger partial charge in [-0.2, -0.15) is 0 Å². The van der Waals surface area contributed by atoms with E-state index in [1.165, 1.54) is 19.2 Å². The van der Waals surface area contributed by atoms with Crippen molar-refractivity contribution in [2.75, 3.05) is 7.11 Å². The van der Waals surface area contributed by atoms with E-state index in [2.05, 4.69) is 0 Å². The number of benzene rings is 1. The monoisotopic (exact) mass is 304 g/mol. The van der Waals surface area contributed by atoms with E-state index >= 15 is 0 Å². The third kappa shape index (κ3) is 3.72. The largest absolute Gasteiger partial charge is 0.478 e. The summed E-state index contributed by atoms with van der Waals surface area (Å²) in [5.41, 5.74) is 0.963. The van der Waals surface area contributed by atoms with Gasteiger partial charge in [0.05, 0.1) is 18.6 Å². The third-order valence-electron chi connectivity index (χ3n) is 4.26. The summed E-state index contributed by atoms with van der Waals surface area (Å²) in [5.74, 6) is -1.90. The summed E-state index contributed by atoms with van der Waals surface area (Å²) >= 11 is 0. The average molecular weight is 304 g/mol. The quantitative estimate of drug-likeness (QED) is 0.845. The number of methoxy groups -OCH3 is 1. The van der Waals surface area contributed by atoms with Crippen LogP contribution in [0.1, 0.15) is 41.6 Å². The zero-order valence-corrected chi connectivity index (χ0v) is 12.6. The molecule has 5 nitrogen and oxygen atoms in total. The lowest BCUT2D eigenvalue weighted by atomic mass is 9.75. The standard InChI is InChI=1S/C17H20O5/c1-22-17(21)14-5-3-2-4-13(14)15(18)10-11-6-8-12(9-7-11)16(19)20/h6-9,13-14H,2-5,10H2,1H3,(H,19,20)/t13-,14-/m1/s1. The molecule has 0 aromatic heterocycles. The Labute approximate surface area is 129 Å². The highest BCUT2D eigenvalue weighted by Crippen LogP contribution is 2.32. The van der Waals surface area contributed by atoms with Gasteiger partial charge in [-0.3, -0.25) is 9.59 Å². The van der Waals surface area contributed by atoms with E-state index in [1.807, 2.05) is 0 Å². The van der Waals surface area contributed by atoms with Crippen molar-refractivity contribution >= 4 is 17.7 Å². The molecule has 0 spiro atoms. The van der Waals surface area contributed by atoms with E-state index in [9.17, 15) is 14.4 Å². The zero-order chi connectivity index (χ0) is 16.1. The van der Waals surface area contributed by atoms with Gasteiger partial charge in [0.25, 0.3) is 0 Å². The van der Waals surface area contributed by atoms with Gasteiger partial charge >= 0.3 is 11.9 Å². The Morgan fingerprint density at radius 2 is 1.68 bits per heavy atom. The lowest BCUT2D eigenvalue weighted by Crippen LogP contribution is -2.34. The number of esters is 1. The van der Waals surface area contributed by atoms with Gasteiger partial charge in [-0.05, 0) is 30.5 Å². The molecule has 0 aliphatic heterocycles. The SMILES string of the molecule is COC(=O)[C@@H]1CCCC[C@H]1C(=O)Cc1ccc(C(=O)O)cc1. The molecule has 2 rings (SSSR count). The highest BCUT2D eigenvalue weighted by Gasteiger charge is 2.35. The second-order valence-corrected chi connectivity index (χ2v) is 5.67. The first-order valence-corrected chi connectivity index (χ1v) is 7.45. The van der Waals surface area contributed by atoms with Gasteiger partial charge in [-0.1, -0.05) is 25.0 Å². The molecule has 0 saturated heterocycles. The number of carboxylic acid groups (broad SMARTS) is 1. The maximum absolute atomic E-state index is 12.5. The highest BCUT2D eigenvalue weighted by molar-refractivity contribution is 5.89. The van der Waals surface area contributed by atoms with Crippen LogP contribution >= 0.6 is 0 Å². The number of rotatable bonds is 5. The fourth-order valence-corrected chi connectivity index (χ4v) is 3.05. The maximum atomic E-state index is 12.5. The van der Waals surface area contributed by atoms with Crippen LogP contribution in [0.15, 0.2) is 24.3 Å². The molecule has 1 aliphatic carbocycles. The Hall–Kier alpha value is -2.17. The first-order chi connectivity index (χ1) is 10.5. The summed E-state index contributed by atoms with van der Waals surface area (Å²) in [6.07, 6.45) is 3.52. The maximum Gasteiger partial charge on any atom is 0.335 e. The van der Waals surface area contributed by atoms with Crippen molar-refractivity contribution in [3.05, 3.63) is 35.4 Å². The van der Waals surface area contributed by atoms with E-state index in [0.29, 0.717) is 12.8 Å². The molecule has 0 bridgehead atoms. The van der Waals surface area contributed by atoms with Crippen molar-refractivity contribution in [2.45, 2.75) is 32.1 Å². The number of aromatic carboxylic acids is 1.